The zero-order valence-corrected chi connectivity index (χ0v) is 23.0. The van der Waals surface area contributed by atoms with Gasteiger partial charge in [-0.15, -0.1) is 0 Å². The summed E-state index contributed by atoms with van der Waals surface area (Å²) in [5, 5.41) is 30.0. The van der Waals surface area contributed by atoms with Gasteiger partial charge in [-0.1, -0.05) is 90.2 Å². The Hall–Kier alpha value is -1.44. The van der Waals surface area contributed by atoms with E-state index in [1.165, 1.54) is 25.7 Å². The Balaban J connectivity index is 3.62. The van der Waals surface area contributed by atoms with Crippen molar-refractivity contribution in [2.24, 2.45) is 0 Å². The number of rotatable bonds is 25. The minimum absolute atomic E-state index is 0.156. The predicted octanol–water partition coefficient (Wildman–Crippen LogP) is 5.77. The fourth-order valence-electron chi connectivity index (χ4n) is 3.81. The summed E-state index contributed by atoms with van der Waals surface area (Å²) in [5.74, 6) is -0.689. The van der Waals surface area contributed by atoms with E-state index in [9.17, 15) is 24.9 Å². The number of ether oxygens (including phenoxy) is 2. The molecule has 0 unspecified atom stereocenters. The number of carbonyl (C=O) groups is 2. The topological polar surface area (TPSA) is 113 Å². The summed E-state index contributed by atoms with van der Waals surface area (Å²) < 4.78 is 10.1. The van der Waals surface area contributed by atoms with Gasteiger partial charge in [0, 0.05) is 12.8 Å². The normalized spacial score (nSPS) is 14.0. The maximum Gasteiger partial charge on any atom is 0.305 e. The summed E-state index contributed by atoms with van der Waals surface area (Å²) in [6.45, 7) is 3.99. The van der Waals surface area contributed by atoms with Crippen LogP contribution in [0, 0.1) is 0 Å². The van der Waals surface area contributed by atoms with Gasteiger partial charge in [0.05, 0.1) is 12.2 Å². The van der Waals surface area contributed by atoms with Crippen LogP contribution in [0.25, 0.3) is 0 Å². The number of aliphatic hydroxyl groups is 3. The van der Waals surface area contributed by atoms with Crippen molar-refractivity contribution in [1.82, 2.24) is 0 Å². The van der Waals surface area contributed by atoms with Crippen LogP contribution < -0.4 is 0 Å². The van der Waals surface area contributed by atoms with Crippen molar-refractivity contribution in [3.05, 3.63) is 12.2 Å². The van der Waals surface area contributed by atoms with E-state index in [0.29, 0.717) is 25.7 Å². The van der Waals surface area contributed by atoms with E-state index in [1.807, 2.05) is 6.08 Å². The molecular weight excluding hydrogens is 460 g/mol. The standard InChI is InChI=1S/C29H54O7/c1-3-5-7-9-12-15-19-26(31)27(32)20-16-13-10-14-18-22-29(34)36-24-25(30)23-35-28(33)21-17-11-8-6-4-2/h12,15,25-27,30-32H,3-11,13-14,16-24H2,1-2H3/b15-12-/t25-,26-,27-/m1/s1. The highest BCUT2D eigenvalue weighted by Crippen LogP contribution is 2.13. The van der Waals surface area contributed by atoms with Crippen molar-refractivity contribution in [1.29, 1.82) is 0 Å². The van der Waals surface area contributed by atoms with Crippen molar-refractivity contribution < 1.29 is 34.4 Å². The summed E-state index contributed by atoms with van der Waals surface area (Å²) in [7, 11) is 0. The van der Waals surface area contributed by atoms with Crippen LogP contribution in [0.2, 0.25) is 0 Å². The lowest BCUT2D eigenvalue weighted by Gasteiger charge is -2.16. The van der Waals surface area contributed by atoms with Gasteiger partial charge >= 0.3 is 11.9 Å². The van der Waals surface area contributed by atoms with E-state index < -0.39 is 18.3 Å². The molecule has 0 aromatic heterocycles. The average molecular weight is 515 g/mol. The Morgan fingerprint density at radius 1 is 0.639 bits per heavy atom. The van der Waals surface area contributed by atoms with Gasteiger partial charge in [-0.2, -0.15) is 0 Å². The molecule has 0 aliphatic carbocycles. The zero-order chi connectivity index (χ0) is 26.9. The number of carbonyl (C=O) groups excluding carboxylic acids is 2. The number of unbranched alkanes of at least 4 members (excludes halogenated alkanes) is 11. The van der Waals surface area contributed by atoms with Crippen LogP contribution >= 0.6 is 0 Å². The summed E-state index contributed by atoms with van der Waals surface area (Å²) in [4.78, 5) is 23.5. The first kappa shape index (κ1) is 34.6. The van der Waals surface area contributed by atoms with E-state index in [2.05, 4.69) is 19.9 Å². The number of esters is 2. The molecule has 0 heterocycles. The lowest BCUT2D eigenvalue weighted by atomic mass is 10.0. The molecule has 0 radical (unpaired) electrons. The lowest BCUT2D eigenvalue weighted by Crippen LogP contribution is -2.25. The SMILES string of the molecule is CCCCC/C=C\C[C@@H](O)[C@H](O)CCCCCCCC(=O)OC[C@H](O)COC(=O)CCCCCCC. The second kappa shape index (κ2) is 25.2. The number of hydrogen-bond donors (Lipinski definition) is 3. The molecule has 0 fully saturated rings. The molecule has 36 heavy (non-hydrogen) atoms. The van der Waals surface area contributed by atoms with Gasteiger partial charge in [0.2, 0.25) is 0 Å². The maximum absolute atomic E-state index is 11.8. The first-order valence-corrected chi connectivity index (χ1v) is 14.4. The van der Waals surface area contributed by atoms with E-state index in [4.69, 9.17) is 9.47 Å². The Morgan fingerprint density at radius 2 is 1.14 bits per heavy atom. The average Bonchev–Trinajstić information content (AvgIpc) is 2.87. The van der Waals surface area contributed by atoms with E-state index in [1.54, 1.807) is 0 Å². The molecule has 0 saturated heterocycles. The molecule has 7 heteroatoms. The summed E-state index contributed by atoms with van der Waals surface area (Å²) in [6, 6.07) is 0. The molecular formula is C29H54O7. The Labute approximate surface area is 219 Å². The Bertz CT molecular complexity index is 550. The summed E-state index contributed by atoms with van der Waals surface area (Å²) in [5.41, 5.74) is 0. The molecule has 0 aromatic rings. The van der Waals surface area contributed by atoms with E-state index in [0.717, 1.165) is 57.8 Å². The Kier molecular flexibility index (Phi) is 24.2. The third-order valence-electron chi connectivity index (χ3n) is 6.20. The predicted molar refractivity (Wildman–Crippen MR) is 144 cm³/mol. The first-order valence-electron chi connectivity index (χ1n) is 14.4. The van der Waals surface area contributed by atoms with Gasteiger partial charge in [-0.25, -0.2) is 0 Å². The van der Waals surface area contributed by atoms with Gasteiger partial charge in [0.1, 0.15) is 19.3 Å². The second-order valence-electron chi connectivity index (χ2n) is 9.83. The van der Waals surface area contributed by atoms with Gasteiger partial charge < -0.3 is 24.8 Å². The highest BCUT2D eigenvalue weighted by molar-refractivity contribution is 5.69. The van der Waals surface area contributed by atoms with Crippen LogP contribution in [0.3, 0.4) is 0 Å². The molecule has 0 bridgehead atoms. The minimum Gasteiger partial charge on any atom is -0.463 e. The molecule has 3 N–H and O–H groups in total. The molecule has 0 amide bonds. The van der Waals surface area contributed by atoms with Gasteiger partial charge in [0.25, 0.3) is 0 Å². The van der Waals surface area contributed by atoms with Crippen LogP contribution in [0.15, 0.2) is 12.2 Å². The molecule has 0 rings (SSSR count). The zero-order valence-electron chi connectivity index (χ0n) is 23.0. The van der Waals surface area contributed by atoms with Crippen molar-refractivity contribution >= 4 is 11.9 Å². The lowest BCUT2D eigenvalue weighted by molar-refractivity contribution is -0.152. The van der Waals surface area contributed by atoms with Crippen molar-refractivity contribution in [2.45, 2.75) is 148 Å². The first-order chi connectivity index (χ1) is 17.4. The van der Waals surface area contributed by atoms with E-state index in [-0.39, 0.29) is 31.6 Å². The third kappa shape index (κ3) is 23.0. The van der Waals surface area contributed by atoms with E-state index >= 15 is 0 Å². The smallest absolute Gasteiger partial charge is 0.305 e. The molecule has 0 spiro atoms. The van der Waals surface area contributed by atoms with Crippen molar-refractivity contribution in [3.8, 4) is 0 Å². The molecule has 0 aliphatic heterocycles. The molecule has 0 saturated carbocycles. The Morgan fingerprint density at radius 3 is 1.72 bits per heavy atom. The van der Waals surface area contributed by atoms with Crippen LogP contribution in [0.1, 0.15) is 129 Å². The fourth-order valence-corrected chi connectivity index (χ4v) is 3.81. The monoisotopic (exact) mass is 514 g/mol. The van der Waals surface area contributed by atoms with Crippen LogP contribution in [0.4, 0.5) is 0 Å². The van der Waals surface area contributed by atoms with Gasteiger partial charge in [0.15, 0.2) is 0 Å². The van der Waals surface area contributed by atoms with Crippen LogP contribution in [0.5, 0.6) is 0 Å². The quantitative estimate of drug-likeness (QED) is 0.0804. The molecule has 0 aliphatic rings. The highest BCUT2D eigenvalue weighted by Gasteiger charge is 2.14. The largest absolute Gasteiger partial charge is 0.463 e. The summed E-state index contributed by atoms with van der Waals surface area (Å²) in [6.07, 6.45) is 17.5. The number of allylic oxidation sites excluding steroid dienone is 1. The van der Waals surface area contributed by atoms with Gasteiger partial charge in [-0.3, -0.25) is 9.59 Å². The second-order valence-corrected chi connectivity index (χ2v) is 9.83. The van der Waals surface area contributed by atoms with Crippen molar-refractivity contribution in [3.63, 3.8) is 0 Å². The van der Waals surface area contributed by atoms with Crippen molar-refractivity contribution in [2.75, 3.05) is 13.2 Å². The van der Waals surface area contributed by atoms with Crippen LogP contribution in [-0.2, 0) is 19.1 Å². The molecule has 3 atom stereocenters. The maximum atomic E-state index is 11.8. The third-order valence-corrected chi connectivity index (χ3v) is 6.20. The highest BCUT2D eigenvalue weighted by atomic mass is 16.6. The van der Waals surface area contributed by atoms with Crippen LogP contribution in [-0.4, -0.2) is 58.8 Å². The summed E-state index contributed by atoms with van der Waals surface area (Å²) >= 11 is 0. The minimum atomic E-state index is -1.00. The molecule has 0 aromatic carbocycles. The van der Waals surface area contributed by atoms with Gasteiger partial charge in [-0.05, 0) is 38.5 Å². The fraction of sp³-hybridized carbons (Fsp3) is 0.862. The number of hydrogen-bond acceptors (Lipinski definition) is 7. The molecule has 212 valence electrons. The number of aliphatic hydroxyl groups excluding tert-OH is 3. The molecule has 7 nitrogen and oxygen atoms in total.